The normalized spacial score (nSPS) is 11.0. The smallest absolute Gasteiger partial charge is 0.133 e. The van der Waals surface area contributed by atoms with E-state index < -0.39 is 0 Å². The molecule has 0 aliphatic heterocycles. The molecule has 0 saturated carbocycles. The molecule has 1 aromatic heterocycles. The van der Waals surface area contributed by atoms with Crippen molar-refractivity contribution in [1.82, 2.24) is 10.3 Å². The maximum absolute atomic E-state index is 14.0. The molecule has 0 fully saturated rings. The standard InChI is InChI=1S/C15H19FN2OS/c1-4-17-8-14-13(9-19-3)18-15(20-14)11-6-5-10(2)7-12(11)16/h5-7,17H,4,8-9H2,1-3H3. The molecule has 5 heteroatoms. The molecule has 0 spiro atoms. The molecule has 0 bridgehead atoms. The lowest BCUT2D eigenvalue weighted by Crippen LogP contribution is -2.12. The number of nitrogens with one attached hydrogen (secondary N) is 1. The molecule has 1 heterocycles. The molecule has 1 N–H and O–H groups in total. The van der Waals surface area contributed by atoms with Gasteiger partial charge in [0.15, 0.2) is 0 Å². The predicted molar refractivity (Wildman–Crippen MR) is 80.3 cm³/mol. The maximum atomic E-state index is 14.0. The second kappa shape index (κ2) is 6.92. The third-order valence-electron chi connectivity index (χ3n) is 2.95. The Morgan fingerprint density at radius 1 is 1.40 bits per heavy atom. The average Bonchev–Trinajstić information content (AvgIpc) is 2.80. The molecule has 1 aromatic carbocycles. The Morgan fingerprint density at radius 2 is 2.20 bits per heavy atom. The first-order valence-electron chi connectivity index (χ1n) is 6.60. The number of thiazole rings is 1. The van der Waals surface area contributed by atoms with Crippen molar-refractivity contribution in [3.05, 3.63) is 40.2 Å². The molecule has 0 aliphatic rings. The lowest BCUT2D eigenvalue weighted by Gasteiger charge is -2.00. The minimum absolute atomic E-state index is 0.224. The summed E-state index contributed by atoms with van der Waals surface area (Å²) in [5.41, 5.74) is 2.35. The summed E-state index contributed by atoms with van der Waals surface area (Å²) in [6.07, 6.45) is 0. The average molecular weight is 294 g/mol. The van der Waals surface area contributed by atoms with Crippen molar-refractivity contribution in [2.45, 2.75) is 27.0 Å². The number of hydrogen-bond acceptors (Lipinski definition) is 4. The molecule has 20 heavy (non-hydrogen) atoms. The van der Waals surface area contributed by atoms with E-state index in [4.69, 9.17) is 4.74 Å². The minimum Gasteiger partial charge on any atom is -0.378 e. The SMILES string of the molecule is CCNCc1sc(-c2ccc(C)cc2F)nc1COC. The van der Waals surface area contributed by atoms with E-state index in [0.29, 0.717) is 17.2 Å². The summed E-state index contributed by atoms with van der Waals surface area (Å²) in [5, 5.41) is 3.98. The van der Waals surface area contributed by atoms with Gasteiger partial charge in [0.2, 0.25) is 0 Å². The van der Waals surface area contributed by atoms with Crippen molar-refractivity contribution in [3.63, 3.8) is 0 Å². The van der Waals surface area contributed by atoms with Crippen LogP contribution in [0.3, 0.4) is 0 Å². The molecular weight excluding hydrogens is 275 g/mol. The van der Waals surface area contributed by atoms with Crippen molar-refractivity contribution >= 4 is 11.3 Å². The quantitative estimate of drug-likeness (QED) is 0.885. The van der Waals surface area contributed by atoms with E-state index in [1.165, 1.54) is 17.4 Å². The van der Waals surface area contributed by atoms with Crippen LogP contribution >= 0.6 is 11.3 Å². The van der Waals surface area contributed by atoms with Crippen molar-refractivity contribution in [3.8, 4) is 10.6 Å². The molecule has 0 radical (unpaired) electrons. The van der Waals surface area contributed by atoms with Gasteiger partial charge in [0.1, 0.15) is 10.8 Å². The number of aromatic nitrogens is 1. The van der Waals surface area contributed by atoms with Gasteiger partial charge in [-0.3, -0.25) is 0 Å². The monoisotopic (exact) mass is 294 g/mol. The highest BCUT2D eigenvalue weighted by molar-refractivity contribution is 7.15. The first-order chi connectivity index (χ1) is 9.65. The fourth-order valence-corrected chi connectivity index (χ4v) is 2.98. The number of nitrogens with zero attached hydrogens (tertiary/aromatic N) is 1. The lowest BCUT2D eigenvalue weighted by molar-refractivity contribution is 0.181. The third-order valence-corrected chi connectivity index (χ3v) is 4.08. The van der Waals surface area contributed by atoms with Crippen LogP contribution in [0.25, 0.3) is 10.6 Å². The summed E-state index contributed by atoms with van der Waals surface area (Å²) < 4.78 is 19.2. The highest BCUT2D eigenvalue weighted by Crippen LogP contribution is 2.30. The molecule has 0 saturated heterocycles. The molecule has 2 rings (SSSR count). The van der Waals surface area contributed by atoms with Gasteiger partial charge < -0.3 is 10.1 Å². The van der Waals surface area contributed by atoms with Gasteiger partial charge in [-0.05, 0) is 31.2 Å². The molecule has 0 amide bonds. The highest BCUT2D eigenvalue weighted by Gasteiger charge is 2.15. The van der Waals surface area contributed by atoms with E-state index in [-0.39, 0.29) is 5.82 Å². The summed E-state index contributed by atoms with van der Waals surface area (Å²) in [4.78, 5) is 5.63. The van der Waals surface area contributed by atoms with Gasteiger partial charge in [-0.15, -0.1) is 11.3 Å². The van der Waals surface area contributed by atoms with Gasteiger partial charge in [-0.25, -0.2) is 9.37 Å². The summed E-state index contributed by atoms with van der Waals surface area (Å²) in [5.74, 6) is -0.224. The van der Waals surface area contributed by atoms with Gasteiger partial charge in [-0.1, -0.05) is 13.0 Å². The van der Waals surface area contributed by atoms with Crippen molar-refractivity contribution in [2.75, 3.05) is 13.7 Å². The Bertz CT molecular complexity index is 583. The zero-order chi connectivity index (χ0) is 14.5. The van der Waals surface area contributed by atoms with E-state index in [1.807, 2.05) is 13.0 Å². The Kier molecular flexibility index (Phi) is 5.23. The van der Waals surface area contributed by atoms with Crippen LogP contribution in [0.2, 0.25) is 0 Å². The van der Waals surface area contributed by atoms with Crippen molar-refractivity contribution in [1.29, 1.82) is 0 Å². The number of hydrogen-bond donors (Lipinski definition) is 1. The largest absolute Gasteiger partial charge is 0.378 e. The van der Waals surface area contributed by atoms with E-state index in [1.54, 1.807) is 13.2 Å². The first-order valence-corrected chi connectivity index (χ1v) is 7.42. The van der Waals surface area contributed by atoms with Crippen LogP contribution in [-0.2, 0) is 17.9 Å². The molecule has 0 unspecified atom stereocenters. The van der Waals surface area contributed by atoms with Gasteiger partial charge >= 0.3 is 0 Å². The fourth-order valence-electron chi connectivity index (χ4n) is 1.92. The fraction of sp³-hybridized carbons (Fsp3) is 0.400. The van der Waals surface area contributed by atoms with Crippen LogP contribution in [0.1, 0.15) is 23.1 Å². The number of methoxy groups -OCH3 is 1. The van der Waals surface area contributed by atoms with Crippen LogP contribution in [0, 0.1) is 12.7 Å². The van der Waals surface area contributed by atoms with Crippen LogP contribution in [0.5, 0.6) is 0 Å². The molecule has 0 aliphatic carbocycles. The molecule has 3 nitrogen and oxygen atoms in total. The van der Waals surface area contributed by atoms with E-state index in [9.17, 15) is 4.39 Å². The maximum Gasteiger partial charge on any atom is 0.133 e. The zero-order valence-electron chi connectivity index (χ0n) is 12.0. The van der Waals surface area contributed by atoms with Crippen LogP contribution in [-0.4, -0.2) is 18.6 Å². The molecular formula is C15H19FN2OS. The predicted octanol–water partition coefficient (Wildman–Crippen LogP) is 3.51. The number of aryl methyl sites for hydroxylation is 1. The number of ether oxygens (including phenoxy) is 1. The van der Waals surface area contributed by atoms with Crippen molar-refractivity contribution < 1.29 is 9.13 Å². The van der Waals surface area contributed by atoms with E-state index in [2.05, 4.69) is 17.2 Å². The Morgan fingerprint density at radius 3 is 2.85 bits per heavy atom. The second-order valence-electron chi connectivity index (χ2n) is 4.59. The molecule has 2 aromatic rings. The summed E-state index contributed by atoms with van der Waals surface area (Å²) in [7, 11) is 1.64. The third kappa shape index (κ3) is 3.42. The van der Waals surface area contributed by atoms with Gasteiger partial charge in [-0.2, -0.15) is 0 Å². The second-order valence-corrected chi connectivity index (χ2v) is 5.67. The number of benzene rings is 1. The topological polar surface area (TPSA) is 34.2 Å². The van der Waals surface area contributed by atoms with Crippen LogP contribution < -0.4 is 5.32 Å². The first kappa shape index (κ1) is 15.1. The molecule has 0 atom stereocenters. The van der Waals surface area contributed by atoms with Gasteiger partial charge in [0, 0.05) is 24.1 Å². The summed E-state index contributed by atoms with van der Waals surface area (Å²) >= 11 is 1.52. The lowest BCUT2D eigenvalue weighted by atomic mass is 10.1. The Labute approximate surface area is 122 Å². The summed E-state index contributed by atoms with van der Waals surface area (Å²) in [6, 6.07) is 5.23. The highest BCUT2D eigenvalue weighted by atomic mass is 32.1. The Balaban J connectivity index is 2.36. The molecule has 108 valence electrons. The van der Waals surface area contributed by atoms with Crippen molar-refractivity contribution in [2.24, 2.45) is 0 Å². The summed E-state index contributed by atoms with van der Waals surface area (Å²) in [6.45, 7) is 6.00. The van der Waals surface area contributed by atoms with Crippen LogP contribution in [0.4, 0.5) is 4.39 Å². The van der Waals surface area contributed by atoms with Gasteiger partial charge in [0.05, 0.1) is 12.3 Å². The van der Waals surface area contributed by atoms with E-state index >= 15 is 0 Å². The minimum atomic E-state index is -0.224. The van der Waals surface area contributed by atoms with Crippen LogP contribution in [0.15, 0.2) is 18.2 Å². The number of halogens is 1. The van der Waals surface area contributed by atoms with E-state index in [0.717, 1.165) is 29.2 Å². The Hall–Kier alpha value is -1.30. The van der Waals surface area contributed by atoms with Gasteiger partial charge in [0.25, 0.3) is 0 Å². The number of rotatable bonds is 6. The zero-order valence-corrected chi connectivity index (χ0v) is 12.8.